The summed E-state index contributed by atoms with van der Waals surface area (Å²) >= 11 is 3.24. The Kier molecular flexibility index (Phi) is 4.83. The van der Waals surface area contributed by atoms with Gasteiger partial charge in [-0.1, -0.05) is 22.5 Å². The Balaban J connectivity index is 0.00000128. The standard InChI is InChI=1S/C11H17BrN2O.ClH/c1-8(12)7-14-10(15)9-6-11(9)2-4-13-5-3-11;/h9,13H,1-7H2,(H,14,15);1H. The fourth-order valence-corrected chi connectivity index (χ4v) is 2.64. The van der Waals surface area contributed by atoms with Crippen LogP contribution in [0.3, 0.4) is 0 Å². The smallest absolute Gasteiger partial charge is 0.223 e. The Morgan fingerprint density at radius 3 is 2.69 bits per heavy atom. The van der Waals surface area contributed by atoms with Crippen LogP contribution in [0.15, 0.2) is 11.1 Å². The lowest BCUT2D eigenvalue weighted by atomic mass is 9.92. The molecule has 5 heteroatoms. The fourth-order valence-electron chi connectivity index (χ4n) is 2.50. The SMILES string of the molecule is C=C(Br)CNC(=O)C1CC12CCNCC2.Cl. The van der Waals surface area contributed by atoms with Crippen LogP contribution in [0.1, 0.15) is 19.3 Å². The Bertz CT molecular complexity index is 290. The molecule has 0 aromatic heterocycles. The van der Waals surface area contributed by atoms with Crippen molar-refractivity contribution in [2.45, 2.75) is 19.3 Å². The van der Waals surface area contributed by atoms with Crippen LogP contribution < -0.4 is 10.6 Å². The number of hydrogen-bond acceptors (Lipinski definition) is 2. The topological polar surface area (TPSA) is 41.1 Å². The van der Waals surface area contributed by atoms with Crippen molar-refractivity contribution in [3.63, 3.8) is 0 Å². The molecule has 1 saturated heterocycles. The Hall–Kier alpha value is -0.0600. The molecule has 2 N–H and O–H groups in total. The minimum atomic E-state index is 0. The first-order valence-electron chi connectivity index (χ1n) is 5.46. The van der Waals surface area contributed by atoms with Crippen LogP contribution in [0.4, 0.5) is 0 Å². The minimum absolute atomic E-state index is 0. The molecule has 92 valence electrons. The van der Waals surface area contributed by atoms with Gasteiger partial charge >= 0.3 is 0 Å². The van der Waals surface area contributed by atoms with E-state index in [2.05, 4.69) is 33.1 Å². The molecule has 2 fully saturated rings. The second-order valence-corrected chi connectivity index (χ2v) is 5.73. The van der Waals surface area contributed by atoms with Crippen LogP contribution in [0.25, 0.3) is 0 Å². The van der Waals surface area contributed by atoms with Crippen LogP contribution in [0, 0.1) is 11.3 Å². The van der Waals surface area contributed by atoms with E-state index in [0.717, 1.165) is 36.8 Å². The summed E-state index contributed by atoms with van der Waals surface area (Å²) in [4.78, 5) is 11.8. The first-order chi connectivity index (χ1) is 7.14. The van der Waals surface area contributed by atoms with Crippen molar-refractivity contribution in [3.05, 3.63) is 11.1 Å². The number of rotatable bonds is 3. The third-order valence-corrected chi connectivity index (χ3v) is 3.84. The number of carbonyl (C=O) groups is 1. The summed E-state index contributed by atoms with van der Waals surface area (Å²) < 4.78 is 0.830. The molecule has 0 radical (unpaired) electrons. The van der Waals surface area contributed by atoms with Gasteiger partial charge in [0.1, 0.15) is 0 Å². The molecule has 1 atom stereocenters. The highest BCUT2D eigenvalue weighted by atomic mass is 79.9. The molecule has 1 unspecified atom stereocenters. The summed E-state index contributed by atoms with van der Waals surface area (Å²) in [6.07, 6.45) is 3.38. The monoisotopic (exact) mass is 308 g/mol. The molecule has 0 bridgehead atoms. The van der Waals surface area contributed by atoms with E-state index < -0.39 is 0 Å². The quantitative estimate of drug-likeness (QED) is 0.835. The maximum absolute atomic E-state index is 11.8. The van der Waals surface area contributed by atoms with Crippen molar-refractivity contribution in [2.24, 2.45) is 11.3 Å². The first-order valence-corrected chi connectivity index (χ1v) is 6.25. The summed E-state index contributed by atoms with van der Waals surface area (Å²) in [7, 11) is 0. The molecule has 0 aromatic rings. The van der Waals surface area contributed by atoms with Gasteiger partial charge in [-0.15, -0.1) is 12.4 Å². The molecule has 1 amide bonds. The summed E-state index contributed by atoms with van der Waals surface area (Å²) in [6.45, 7) is 6.38. The average molecular weight is 310 g/mol. The van der Waals surface area contributed by atoms with E-state index in [1.807, 2.05) is 0 Å². The molecule has 0 aromatic carbocycles. The predicted molar refractivity (Wildman–Crippen MR) is 71.0 cm³/mol. The molecule has 1 spiro atoms. The zero-order valence-electron chi connectivity index (χ0n) is 9.22. The fraction of sp³-hybridized carbons (Fsp3) is 0.727. The van der Waals surface area contributed by atoms with Gasteiger partial charge in [0.15, 0.2) is 0 Å². The number of halogens is 2. The van der Waals surface area contributed by atoms with Crippen molar-refractivity contribution in [1.82, 2.24) is 10.6 Å². The number of amides is 1. The van der Waals surface area contributed by atoms with E-state index >= 15 is 0 Å². The third kappa shape index (κ3) is 2.99. The maximum Gasteiger partial charge on any atom is 0.223 e. The van der Waals surface area contributed by atoms with Crippen LogP contribution in [-0.2, 0) is 4.79 Å². The van der Waals surface area contributed by atoms with Crippen LogP contribution in [0.5, 0.6) is 0 Å². The van der Waals surface area contributed by atoms with Crippen molar-refractivity contribution in [2.75, 3.05) is 19.6 Å². The molecule has 3 nitrogen and oxygen atoms in total. The van der Waals surface area contributed by atoms with Gasteiger partial charge in [-0.05, 0) is 37.8 Å². The lowest BCUT2D eigenvalue weighted by molar-refractivity contribution is -0.123. The number of carbonyl (C=O) groups excluding carboxylic acids is 1. The van der Waals surface area contributed by atoms with Crippen molar-refractivity contribution >= 4 is 34.2 Å². The molecule has 1 heterocycles. The van der Waals surface area contributed by atoms with Crippen LogP contribution >= 0.6 is 28.3 Å². The molecule has 2 rings (SSSR count). The van der Waals surface area contributed by atoms with Gasteiger partial charge in [0, 0.05) is 16.9 Å². The largest absolute Gasteiger partial charge is 0.351 e. The van der Waals surface area contributed by atoms with Crippen LogP contribution in [-0.4, -0.2) is 25.5 Å². The van der Waals surface area contributed by atoms with Gasteiger partial charge < -0.3 is 10.6 Å². The van der Waals surface area contributed by atoms with E-state index in [4.69, 9.17) is 0 Å². The van der Waals surface area contributed by atoms with Crippen molar-refractivity contribution in [1.29, 1.82) is 0 Å². The van der Waals surface area contributed by atoms with Gasteiger partial charge in [0.05, 0.1) is 0 Å². The van der Waals surface area contributed by atoms with Gasteiger partial charge in [-0.3, -0.25) is 4.79 Å². The second-order valence-electron chi connectivity index (χ2n) is 4.60. The molecule has 1 aliphatic heterocycles. The first kappa shape index (κ1) is 14.0. The molecule has 1 aliphatic carbocycles. The van der Waals surface area contributed by atoms with E-state index in [1.165, 1.54) is 0 Å². The van der Waals surface area contributed by atoms with E-state index in [9.17, 15) is 4.79 Å². The number of hydrogen-bond donors (Lipinski definition) is 2. The highest BCUT2D eigenvalue weighted by molar-refractivity contribution is 9.11. The van der Waals surface area contributed by atoms with Gasteiger partial charge in [0.25, 0.3) is 0 Å². The van der Waals surface area contributed by atoms with Crippen molar-refractivity contribution < 1.29 is 4.79 Å². The normalized spacial score (nSPS) is 25.7. The number of piperidine rings is 1. The number of nitrogens with one attached hydrogen (secondary N) is 2. The lowest BCUT2D eigenvalue weighted by Crippen LogP contribution is -2.34. The summed E-state index contributed by atoms with van der Waals surface area (Å²) in [5, 5.41) is 6.25. The Labute approximate surface area is 111 Å². The van der Waals surface area contributed by atoms with Gasteiger partial charge in [-0.25, -0.2) is 0 Å². The van der Waals surface area contributed by atoms with Crippen LogP contribution in [0.2, 0.25) is 0 Å². The summed E-state index contributed by atoms with van der Waals surface area (Å²) in [5.74, 6) is 0.462. The average Bonchev–Trinajstić information content (AvgIpc) is 2.90. The van der Waals surface area contributed by atoms with E-state index in [0.29, 0.717) is 12.0 Å². The molecule has 16 heavy (non-hydrogen) atoms. The highest BCUT2D eigenvalue weighted by Gasteiger charge is 2.57. The predicted octanol–water partition coefficient (Wildman–Crippen LogP) is 1.82. The lowest BCUT2D eigenvalue weighted by Gasteiger charge is -2.23. The Morgan fingerprint density at radius 2 is 2.12 bits per heavy atom. The zero-order valence-corrected chi connectivity index (χ0v) is 11.6. The third-order valence-electron chi connectivity index (χ3n) is 3.56. The highest BCUT2D eigenvalue weighted by Crippen LogP contribution is 2.58. The summed E-state index contributed by atoms with van der Waals surface area (Å²) in [6, 6.07) is 0. The molecule has 1 saturated carbocycles. The van der Waals surface area contributed by atoms with E-state index in [-0.39, 0.29) is 24.2 Å². The van der Waals surface area contributed by atoms with Crippen molar-refractivity contribution in [3.8, 4) is 0 Å². The summed E-state index contributed by atoms with van der Waals surface area (Å²) in [5.41, 5.74) is 0.336. The maximum atomic E-state index is 11.8. The molecular weight excluding hydrogens is 291 g/mol. The minimum Gasteiger partial charge on any atom is -0.351 e. The van der Waals surface area contributed by atoms with E-state index in [1.54, 1.807) is 0 Å². The van der Waals surface area contributed by atoms with Gasteiger partial charge in [0.2, 0.25) is 5.91 Å². The zero-order chi connectivity index (χ0) is 10.9. The second kappa shape index (κ2) is 5.52. The molecule has 2 aliphatic rings. The van der Waals surface area contributed by atoms with Gasteiger partial charge in [-0.2, -0.15) is 0 Å². The Morgan fingerprint density at radius 1 is 1.50 bits per heavy atom. The molecular formula is C11H18BrClN2O.